The fourth-order valence-corrected chi connectivity index (χ4v) is 2.10. The topological polar surface area (TPSA) is 35.2 Å². The molecule has 0 amide bonds. The second-order valence-electron chi connectivity index (χ2n) is 5.20. The summed E-state index contributed by atoms with van der Waals surface area (Å²) in [5.74, 6) is 0.469. The molecule has 0 spiro atoms. The molecule has 2 unspecified atom stereocenters. The summed E-state index contributed by atoms with van der Waals surface area (Å²) >= 11 is 0. The highest BCUT2D eigenvalue weighted by molar-refractivity contribution is 5.34. The van der Waals surface area contributed by atoms with Crippen molar-refractivity contribution in [3.63, 3.8) is 0 Å². The number of rotatable bonds is 4. The minimum Gasteiger partial charge on any atom is -0.484 e. The quantitative estimate of drug-likeness (QED) is 0.916. The number of benzene rings is 2. The van der Waals surface area contributed by atoms with Crippen molar-refractivity contribution in [2.24, 2.45) is 5.73 Å². The molecule has 3 heteroatoms. The number of aryl methyl sites for hydroxylation is 2. The molecule has 2 N–H and O–H groups in total. The molecule has 0 saturated heterocycles. The molecular weight excluding hydrogens is 253 g/mol. The molecule has 0 aliphatic carbocycles. The van der Waals surface area contributed by atoms with Crippen molar-refractivity contribution in [3.8, 4) is 5.75 Å². The smallest absolute Gasteiger partial charge is 0.139 e. The van der Waals surface area contributed by atoms with Gasteiger partial charge in [0.05, 0.1) is 0 Å². The van der Waals surface area contributed by atoms with Crippen LogP contribution in [0, 0.1) is 19.7 Å². The molecule has 2 atom stereocenters. The summed E-state index contributed by atoms with van der Waals surface area (Å²) in [7, 11) is 0. The van der Waals surface area contributed by atoms with Gasteiger partial charge in [0.25, 0.3) is 0 Å². The number of nitrogens with two attached hydrogens (primary N) is 1. The number of hydrogen-bond donors (Lipinski definition) is 1. The first-order valence-corrected chi connectivity index (χ1v) is 6.72. The monoisotopic (exact) mass is 273 g/mol. The third-order valence-electron chi connectivity index (χ3n) is 3.40. The standard InChI is InChI=1S/C17H20FNO/c1-11-7-8-16(9-12(11)2)20-17(13(3)19)14-5-4-6-15(18)10-14/h4-10,13,17H,19H2,1-3H3. The highest BCUT2D eigenvalue weighted by Gasteiger charge is 2.19. The first-order chi connectivity index (χ1) is 9.47. The van der Waals surface area contributed by atoms with E-state index in [9.17, 15) is 4.39 Å². The van der Waals surface area contributed by atoms with Crippen LogP contribution in [0.25, 0.3) is 0 Å². The lowest BCUT2D eigenvalue weighted by atomic mass is 10.0. The van der Waals surface area contributed by atoms with E-state index in [1.165, 1.54) is 17.7 Å². The van der Waals surface area contributed by atoms with Gasteiger partial charge in [-0.2, -0.15) is 0 Å². The molecule has 0 aliphatic heterocycles. The molecule has 0 heterocycles. The molecule has 0 aliphatic rings. The molecule has 0 aromatic heterocycles. The van der Waals surface area contributed by atoms with Gasteiger partial charge in [0.1, 0.15) is 17.7 Å². The van der Waals surface area contributed by atoms with Crippen molar-refractivity contribution in [2.75, 3.05) is 0 Å². The Labute approximate surface area is 119 Å². The summed E-state index contributed by atoms with van der Waals surface area (Å²) < 4.78 is 19.3. The Morgan fingerprint density at radius 2 is 1.80 bits per heavy atom. The van der Waals surface area contributed by atoms with Gasteiger partial charge in [-0.1, -0.05) is 18.2 Å². The van der Waals surface area contributed by atoms with Crippen LogP contribution in [-0.4, -0.2) is 6.04 Å². The molecule has 2 nitrogen and oxygen atoms in total. The average Bonchev–Trinajstić information content (AvgIpc) is 2.39. The van der Waals surface area contributed by atoms with E-state index in [0.717, 1.165) is 16.9 Å². The van der Waals surface area contributed by atoms with Crippen LogP contribution in [0.1, 0.15) is 29.7 Å². The fraction of sp³-hybridized carbons (Fsp3) is 0.294. The van der Waals surface area contributed by atoms with Crippen molar-refractivity contribution in [1.29, 1.82) is 0 Å². The van der Waals surface area contributed by atoms with Crippen molar-refractivity contribution in [2.45, 2.75) is 32.9 Å². The molecule has 2 aromatic carbocycles. The van der Waals surface area contributed by atoms with Gasteiger partial charge in [-0.25, -0.2) is 4.39 Å². The van der Waals surface area contributed by atoms with Crippen molar-refractivity contribution < 1.29 is 9.13 Å². The van der Waals surface area contributed by atoms with E-state index in [-0.39, 0.29) is 18.0 Å². The zero-order valence-electron chi connectivity index (χ0n) is 12.1. The minimum absolute atomic E-state index is 0.238. The lowest BCUT2D eigenvalue weighted by Crippen LogP contribution is -2.29. The summed E-state index contributed by atoms with van der Waals surface area (Å²) in [6.07, 6.45) is -0.368. The highest BCUT2D eigenvalue weighted by Crippen LogP contribution is 2.26. The van der Waals surface area contributed by atoms with Gasteiger partial charge in [-0.15, -0.1) is 0 Å². The van der Waals surface area contributed by atoms with Gasteiger partial charge < -0.3 is 10.5 Å². The first-order valence-electron chi connectivity index (χ1n) is 6.72. The Kier molecular flexibility index (Phi) is 4.40. The maximum Gasteiger partial charge on any atom is 0.139 e. The lowest BCUT2D eigenvalue weighted by Gasteiger charge is -2.23. The Morgan fingerprint density at radius 1 is 1.05 bits per heavy atom. The normalized spacial score (nSPS) is 13.8. The minimum atomic E-state index is -0.368. The zero-order valence-corrected chi connectivity index (χ0v) is 12.1. The van der Waals surface area contributed by atoms with Gasteiger partial charge in [0, 0.05) is 6.04 Å². The Morgan fingerprint density at radius 3 is 2.40 bits per heavy atom. The predicted octanol–water partition coefficient (Wildman–Crippen LogP) is 3.91. The molecule has 0 radical (unpaired) electrons. The van der Waals surface area contributed by atoms with Gasteiger partial charge >= 0.3 is 0 Å². The van der Waals surface area contributed by atoms with Crippen LogP contribution in [-0.2, 0) is 0 Å². The van der Waals surface area contributed by atoms with E-state index in [0.29, 0.717) is 0 Å². The third-order valence-corrected chi connectivity index (χ3v) is 3.40. The van der Waals surface area contributed by atoms with E-state index in [1.54, 1.807) is 6.07 Å². The molecule has 106 valence electrons. The number of ether oxygens (including phenoxy) is 1. The van der Waals surface area contributed by atoms with Crippen LogP contribution >= 0.6 is 0 Å². The Balaban J connectivity index is 2.28. The van der Waals surface area contributed by atoms with E-state index in [1.807, 2.05) is 38.1 Å². The van der Waals surface area contributed by atoms with Gasteiger partial charge in [0.2, 0.25) is 0 Å². The highest BCUT2D eigenvalue weighted by atomic mass is 19.1. The second-order valence-corrected chi connectivity index (χ2v) is 5.20. The SMILES string of the molecule is Cc1ccc(OC(c2cccc(F)c2)C(C)N)cc1C. The van der Waals surface area contributed by atoms with Gasteiger partial charge in [-0.3, -0.25) is 0 Å². The summed E-state index contributed by atoms with van der Waals surface area (Å²) in [6.45, 7) is 5.94. The first kappa shape index (κ1) is 14.5. The molecule has 20 heavy (non-hydrogen) atoms. The van der Waals surface area contributed by atoms with E-state index >= 15 is 0 Å². The molecule has 2 aromatic rings. The summed E-state index contributed by atoms with van der Waals surface area (Å²) in [6, 6.07) is 12.0. The molecular formula is C17H20FNO. The van der Waals surface area contributed by atoms with Crippen LogP contribution < -0.4 is 10.5 Å². The number of halogens is 1. The Bertz CT molecular complexity index is 595. The van der Waals surface area contributed by atoms with Gasteiger partial charge in [0.15, 0.2) is 0 Å². The van der Waals surface area contributed by atoms with Crippen LogP contribution in [0.4, 0.5) is 4.39 Å². The van der Waals surface area contributed by atoms with E-state index < -0.39 is 0 Å². The Hall–Kier alpha value is -1.87. The van der Waals surface area contributed by atoms with Crippen molar-refractivity contribution >= 4 is 0 Å². The van der Waals surface area contributed by atoms with Crippen LogP contribution in [0.2, 0.25) is 0 Å². The zero-order chi connectivity index (χ0) is 14.7. The lowest BCUT2D eigenvalue weighted by molar-refractivity contribution is 0.180. The van der Waals surface area contributed by atoms with Crippen LogP contribution in [0.5, 0.6) is 5.75 Å². The van der Waals surface area contributed by atoms with Crippen molar-refractivity contribution in [1.82, 2.24) is 0 Å². The maximum atomic E-state index is 13.4. The molecule has 0 saturated carbocycles. The summed E-state index contributed by atoms with van der Waals surface area (Å²) in [5.41, 5.74) is 9.10. The predicted molar refractivity (Wildman–Crippen MR) is 79.3 cm³/mol. The summed E-state index contributed by atoms with van der Waals surface area (Å²) in [4.78, 5) is 0. The molecule has 0 fully saturated rings. The molecule has 0 bridgehead atoms. The molecule has 2 rings (SSSR count). The van der Waals surface area contributed by atoms with Crippen LogP contribution in [0.3, 0.4) is 0 Å². The van der Waals surface area contributed by atoms with Gasteiger partial charge in [-0.05, 0) is 61.7 Å². The van der Waals surface area contributed by atoms with Crippen molar-refractivity contribution in [3.05, 3.63) is 65.0 Å². The number of hydrogen-bond acceptors (Lipinski definition) is 2. The maximum absolute atomic E-state index is 13.4. The third kappa shape index (κ3) is 3.36. The average molecular weight is 273 g/mol. The largest absolute Gasteiger partial charge is 0.484 e. The van der Waals surface area contributed by atoms with E-state index in [4.69, 9.17) is 10.5 Å². The van der Waals surface area contributed by atoms with E-state index in [2.05, 4.69) is 6.92 Å². The fourth-order valence-electron chi connectivity index (χ4n) is 2.10. The summed E-state index contributed by atoms with van der Waals surface area (Å²) in [5, 5.41) is 0. The second kappa shape index (κ2) is 6.06. The van der Waals surface area contributed by atoms with Crippen LogP contribution in [0.15, 0.2) is 42.5 Å².